The van der Waals surface area contributed by atoms with E-state index in [0.29, 0.717) is 5.56 Å². The van der Waals surface area contributed by atoms with Gasteiger partial charge in [0, 0.05) is 11.8 Å². The number of thiophene rings is 1. The summed E-state index contributed by atoms with van der Waals surface area (Å²) in [4.78, 5) is 11.5. The standard InChI is InChI=1S/C13H13NO3S/c1-16-10-5-3-4-9(8-10)14-12-11(6-7-18-12)13(15)17-2/h3-8,14H,1-2H3. The lowest BCUT2D eigenvalue weighted by Crippen LogP contribution is -2.02. The van der Waals surface area contributed by atoms with Gasteiger partial charge in [-0.1, -0.05) is 6.07 Å². The Morgan fingerprint density at radius 1 is 1.28 bits per heavy atom. The molecule has 5 heteroatoms. The number of anilines is 2. The van der Waals surface area contributed by atoms with Gasteiger partial charge in [-0.05, 0) is 23.6 Å². The number of rotatable bonds is 4. The molecule has 0 atom stereocenters. The normalized spacial score (nSPS) is 9.89. The Balaban J connectivity index is 2.23. The molecule has 0 bridgehead atoms. The fourth-order valence-electron chi connectivity index (χ4n) is 1.51. The molecule has 0 aliphatic carbocycles. The first-order valence-corrected chi connectivity index (χ1v) is 6.19. The maximum Gasteiger partial charge on any atom is 0.340 e. The summed E-state index contributed by atoms with van der Waals surface area (Å²) in [6.07, 6.45) is 0. The van der Waals surface area contributed by atoms with Gasteiger partial charge in [0.25, 0.3) is 0 Å². The van der Waals surface area contributed by atoms with E-state index in [1.807, 2.05) is 29.6 Å². The van der Waals surface area contributed by atoms with Crippen LogP contribution in [0.3, 0.4) is 0 Å². The van der Waals surface area contributed by atoms with Crippen LogP contribution in [-0.4, -0.2) is 20.2 Å². The molecular weight excluding hydrogens is 250 g/mol. The largest absolute Gasteiger partial charge is 0.497 e. The van der Waals surface area contributed by atoms with Crippen molar-refractivity contribution in [2.45, 2.75) is 0 Å². The van der Waals surface area contributed by atoms with Crippen molar-refractivity contribution >= 4 is 28.0 Å². The number of nitrogens with one attached hydrogen (secondary N) is 1. The Labute approximate surface area is 109 Å². The van der Waals surface area contributed by atoms with Gasteiger partial charge < -0.3 is 14.8 Å². The van der Waals surface area contributed by atoms with Crippen LogP contribution in [0.1, 0.15) is 10.4 Å². The molecule has 2 aromatic rings. The Kier molecular flexibility index (Phi) is 3.84. The van der Waals surface area contributed by atoms with Gasteiger partial charge in [0.1, 0.15) is 10.8 Å². The van der Waals surface area contributed by atoms with Crippen LogP contribution in [0.5, 0.6) is 5.75 Å². The molecule has 0 amide bonds. The van der Waals surface area contributed by atoms with Crippen molar-refractivity contribution < 1.29 is 14.3 Å². The number of methoxy groups -OCH3 is 2. The van der Waals surface area contributed by atoms with Crippen LogP contribution in [0.2, 0.25) is 0 Å². The van der Waals surface area contributed by atoms with Gasteiger partial charge >= 0.3 is 5.97 Å². The Hall–Kier alpha value is -2.01. The lowest BCUT2D eigenvalue weighted by molar-refractivity contribution is 0.0602. The minimum absolute atomic E-state index is 0.346. The molecule has 0 saturated heterocycles. The molecule has 0 aliphatic heterocycles. The highest BCUT2D eigenvalue weighted by Crippen LogP contribution is 2.29. The molecule has 1 heterocycles. The summed E-state index contributed by atoms with van der Waals surface area (Å²) in [6, 6.07) is 9.25. The van der Waals surface area contributed by atoms with Crippen LogP contribution >= 0.6 is 11.3 Å². The first-order valence-electron chi connectivity index (χ1n) is 5.31. The number of hydrogen-bond acceptors (Lipinski definition) is 5. The number of carbonyl (C=O) groups excluding carboxylic acids is 1. The minimum atomic E-state index is -0.346. The number of ether oxygens (including phenoxy) is 2. The third-order valence-electron chi connectivity index (χ3n) is 2.40. The van der Waals surface area contributed by atoms with E-state index in [2.05, 4.69) is 5.32 Å². The lowest BCUT2D eigenvalue weighted by atomic mass is 10.3. The first-order chi connectivity index (χ1) is 8.74. The highest BCUT2D eigenvalue weighted by atomic mass is 32.1. The molecule has 0 unspecified atom stereocenters. The molecule has 18 heavy (non-hydrogen) atoms. The molecule has 1 aromatic carbocycles. The van der Waals surface area contributed by atoms with Crippen molar-refractivity contribution in [3.05, 3.63) is 41.3 Å². The number of carbonyl (C=O) groups is 1. The molecule has 0 fully saturated rings. The van der Waals surface area contributed by atoms with Gasteiger partial charge in [-0.15, -0.1) is 11.3 Å². The van der Waals surface area contributed by atoms with Crippen LogP contribution in [0.25, 0.3) is 0 Å². The van der Waals surface area contributed by atoms with Crippen LogP contribution in [0, 0.1) is 0 Å². The fraction of sp³-hybridized carbons (Fsp3) is 0.154. The molecule has 2 rings (SSSR count). The molecule has 0 radical (unpaired) electrons. The van der Waals surface area contributed by atoms with Gasteiger partial charge in [-0.3, -0.25) is 0 Å². The summed E-state index contributed by atoms with van der Waals surface area (Å²) < 4.78 is 9.87. The fourth-order valence-corrected chi connectivity index (χ4v) is 2.30. The zero-order valence-electron chi connectivity index (χ0n) is 10.1. The third kappa shape index (κ3) is 2.62. The summed E-state index contributed by atoms with van der Waals surface area (Å²) >= 11 is 1.45. The van der Waals surface area contributed by atoms with E-state index >= 15 is 0 Å². The number of esters is 1. The van der Waals surface area contributed by atoms with Crippen LogP contribution in [0.4, 0.5) is 10.7 Å². The highest BCUT2D eigenvalue weighted by molar-refractivity contribution is 7.14. The van der Waals surface area contributed by atoms with E-state index in [-0.39, 0.29) is 5.97 Å². The van der Waals surface area contributed by atoms with Crippen LogP contribution < -0.4 is 10.1 Å². The average molecular weight is 263 g/mol. The van der Waals surface area contributed by atoms with E-state index in [9.17, 15) is 4.79 Å². The molecule has 1 N–H and O–H groups in total. The lowest BCUT2D eigenvalue weighted by Gasteiger charge is -2.07. The van der Waals surface area contributed by atoms with Crippen molar-refractivity contribution in [2.24, 2.45) is 0 Å². The van der Waals surface area contributed by atoms with Gasteiger partial charge in [0.05, 0.1) is 19.8 Å². The SMILES string of the molecule is COC(=O)c1ccsc1Nc1cccc(OC)c1. The molecule has 0 saturated carbocycles. The third-order valence-corrected chi connectivity index (χ3v) is 3.23. The van der Waals surface area contributed by atoms with E-state index in [1.54, 1.807) is 13.2 Å². The van der Waals surface area contributed by atoms with E-state index in [4.69, 9.17) is 9.47 Å². The van der Waals surface area contributed by atoms with E-state index < -0.39 is 0 Å². The van der Waals surface area contributed by atoms with Gasteiger partial charge in [0.15, 0.2) is 0 Å². The number of hydrogen-bond donors (Lipinski definition) is 1. The summed E-state index contributed by atoms with van der Waals surface area (Å²) in [5.41, 5.74) is 1.40. The zero-order valence-corrected chi connectivity index (χ0v) is 10.9. The molecule has 0 aliphatic rings. The summed E-state index contributed by atoms with van der Waals surface area (Å²) in [5.74, 6) is 0.415. The van der Waals surface area contributed by atoms with Crippen molar-refractivity contribution in [2.75, 3.05) is 19.5 Å². The van der Waals surface area contributed by atoms with Crippen LogP contribution in [-0.2, 0) is 4.74 Å². The topological polar surface area (TPSA) is 47.6 Å². The smallest absolute Gasteiger partial charge is 0.340 e. The number of benzene rings is 1. The molecular formula is C13H13NO3S. The summed E-state index contributed by atoms with van der Waals surface area (Å²) in [6.45, 7) is 0. The zero-order chi connectivity index (χ0) is 13.0. The first kappa shape index (κ1) is 12.4. The van der Waals surface area contributed by atoms with Crippen molar-refractivity contribution in [1.29, 1.82) is 0 Å². The second-order valence-corrected chi connectivity index (χ2v) is 4.43. The van der Waals surface area contributed by atoms with Crippen molar-refractivity contribution in [3.63, 3.8) is 0 Å². The maximum atomic E-state index is 11.5. The second-order valence-electron chi connectivity index (χ2n) is 3.51. The molecule has 4 nitrogen and oxygen atoms in total. The molecule has 94 valence electrons. The molecule has 0 spiro atoms. The highest BCUT2D eigenvalue weighted by Gasteiger charge is 2.13. The van der Waals surface area contributed by atoms with Crippen molar-refractivity contribution in [1.82, 2.24) is 0 Å². The quantitative estimate of drug-likeness (QED) is 0.860. The monoisotopic (exact) mass is 263 g/mol. The van der Waals surface area contributed by atoms with Gasteiger partial charge in [-0.2, -0.15) is 0 Å². The predicted molar refractivity (Wildman–Crippen MR) is 71.9 cm³/mol. The summed E-state index contributed by atoms with van der Waals surface area (Å²) in [5, 5.41) is 5.78. The average Bonchev–Trinajstić information content (AvgIpc) is 2.86. The Morgan fingerprint density at radius 2 is 2.11 bits per heavy atom. The Bertz CT molecular complexity index is 551. The Morgan fingerprint density at radius 3 is 2.83 bits per heavy atom. The minimum Gasteiger partial charge on any atom is -0.497 e. The predicted octanol–water partition coefficient (Wildman–Crippen LogP) is 3.29. The maximum absolute atomic E-state index is 11.5. The van der Waals surface area contributed by atoms with Gasteiger partial charge in [0.2, 0.25) is 0 Å². The van der Waals surface area contributed by atoms with E-state index in [1.165, 1.54) is 18.4 Å². The van der Waals surface area contributed by atoms with Gasteiger partial charge in [-0.25, -0.2) is 4.79 Å². The second kappa shape index (κ2) is 5.55. The van der Waals surface area contributed by atoms with E-state index in [0.717, 1.165) is 16.4 Å². The van der Waals surface area contributed by atoms with Crippen LogP contribution in [0.15, 0.2) is 35.7 Å². The molecule has 1 aromatic heterocycles. The summed E-state index contributed by atoms with van der Waals surface area (Å²) in [7, 11) is 2.99. The van der Waals surface area contributed by atoms with Crippen molar-refractivity contribution in [3.8, 4) is 5.75 Å².